The number of rotatable bonds is 6. The first-order valence-electron chi connectivity index (χ1n) is 5.96. The molecule has 1 rings (SSSR count). The molecule has 0 aliphatic rings. The fourth-order valence-corrected chi connectivity index (χ4v) is 1.67. The predicted octanol–water partition coefficient (Wildman–Crippen LogP) is 2.43. The number of nitrogens with zero attached hydrogens (tertiary/aromatic N) is 1. The summed E-state index contributed by atoms with van der Waals surface area (Å²) >= 11 is 0. The molecule has 0 spiro atoms. The quantitative estimate of drug-likeness (QED) is 0.816. The second-order valence-electron chi connectivity index (χ2n) is 4.02. The average molecular weight is 230 g/mol. The molecule has 90 valence electrons. The number of benzene rings is 1. The van der Waals surface area contributed by atoms with Gasteiger partial charge >= 0.3 is 0 Å². The van der Waals surface area contributed by atoms with Crippen LogP contribution >= 0.6 is 0 Å². The van der Waals surface area contributed by atoms with E-state index in [1.54, 1.807) is 0 Å². The number of carbonyl (C=O) groups excluding carboxylic acids is 1. The zero-order chi connectivity index (χ0) is 12.5. The Morgan fingerprint density at radius 2 is 2.12 bits per heavy atom. The fraction of sp³-hybridized carbons (Fsp3) is 0.429. The average Bonchev–Trinajstić information content (AvgIpc) is 2.36. The molecule has 0 saturated heterocycles. The lowest BCUT2D eigenvalue weighted by Crippen LogP contribution is -2.35. The topological polar surface area (TPSA) is 52.9 Å². The smallest absolute Gasteiger partial charge is 0.221 e. The predicted molar refractivity (Wildman–Crippen MR) is 67.2 cm³/mol. The van der Waals surface area contributed by atoms with E-state index in [1.165, 1.54) is 5.56 Å². The monoisotopic (exact) mass is 230 g/mol. The molecule has 1 aromatic rings. The summed E-state index contributed by atoms with van der Waals surface area (Å²) in [4.78, 5) is 11.5. The van der Waals surface area contributed by atoms with Gasteiger partial charge in [-0.05, 0) is 18.4 Å². The van der Waals surface area contributed by atoms with E-state index in [1.807, 2.05) is 24.3 Å². The first-order chi connectivity index (χ1) is 8.26. The Hall–Kier alpha value is -1.82. The number of carbonyl (C=O) groups is 1. The van der Waals surface area contributed by atoms with Gasteiger partial charge in [0.15, 0.2) is 0 Å². The van der Waals surface area contributed by atoms with Crippen molar-refractivity contribution >= 4 is 5.91 Å². The van der Waals surface area contributed by atoms with E-state index in [4.69, 9.17) is 5.26 Å². The van der Waals surface area contributed by atoms with Gasteiger partial charge in [0.2, 0.25) is 5.91 Å². The molecule has 3 nitrogen and oxygen atoms in total. The van der Waals surface area contributed by atoms with E-state index in [2.05, 4.69) is 24.4 Å². The van der Waals surface area contributed by atoms with Crippen molar-refractivity contribution in [2.45, 2.75) is 38.6 Å². The molecule has 0 heterocycles. The minimum atomic E-state index is -0.0330. The summed E-state index contributed by atoms with van der Waals surface area (Å²) in [5, 5.41) is 11.4. The van der Waals surface area contributed by atoms with Crippen molar-refractivity contribution in [2.24, 2.45) is 0 Å². The molecule has 0 unspecified atom stereocenters. The summed E-state index contributed by atoms with van der Waals surface area (Å²) in [6.45, 7) is 2.05. The van der Waals surface area contributed by atoms with Gasteiger partial charge in [0, 0.05) is 18.9 Å². The molecular weight excluding hydrogens is 212 g/mol. The van der Waals surface area contributed by atoms with Crippen LogP contribution in [0.3, 0.4) is 0 Å². The summed E-state index contributed by atoms with van der Waals surface area (Å²) in [5.41, 5.74) is 1.22. The van der Waals surface area contributed by atoms with Crippen molar-refractivity contribution < 1.29 is 4.79 Å². The van der Waals surface area contributed by atoms with E-state index in [-0.39, 0.29) is 18.4 Å². The van der Waals surface area contributed by atoms with Gasteiger partial charge in [0.25, 0.3) is 0 Å². The molecule has 1 atom stereocenters. The molecule has 0 fully saturated rings. The van der Waals surface area contributed by atoms with E-state index in [0.29, 0.717) is 6.42 Å². The Labute approximate surface area is 102 Å². The van der Waals surface area contributed by atoms with Gasteiger partial charge in [-0.3, -0.25) is 4.79 Å². The summed E-state index contributed by atoms with van der Waals surface area (Å²) in [6.07, 6.45) is 2.32. The highest BCUT2D eigenvalue weighted by atomic mass is 16.1. The van der Waals surface area contributed by atoms with Crippen molar-refractivity contribution in [3.05, 3.63) is 35.9 Å². The zero-order valence-corrected chi connectivity index (χ0v) is 10.1. The minimum absolute atomic E-state index is 0.0330. The minimum Gasteiger partial charge on any atom is -0.353 e. The van der Waals surface area contributed by atoms with Crippen LogP contribution < -0.4 is 5.32 Å². The number of nitrogens with one attached hydrogen (secondary N) is 1. The van der Waals surface area contributed by atoms with Gasteiger partial charge in [-0.15, -0.1) is 0 Å². The molecule has 0 saturated carbocycles. The van der Waals surface area contributed by atoms with Crippen LogP contribution in [0.1, 0.15) is 31.7 Å². The maximum atomic E-state index is 11.5. The highest BCUT2D eigenvalue weighted by molar-refractivity contribution is 5.76. The van der Waals surface area contributed by atoms with Crippen LogP contribution in [0.15, 0.2) is 30.3 Å². The lowest BCUT2D eigenvalue weighted by atomic mass is 10.0. The van der Waals surface area contributed by atoms with E-state index in [9.17, 15) is 4.79 Å². The van der Waals surface area contributed by atoms with Gasteiger partial charge in [0.1, 0.15) is 0 Å². The van der Waals surface area contributed by atoms with Crippen molar-refractivity contribution in [1.82, 2.24) is 5.32 Å². The van der Waals surface area contributed by atoms with Gasteiger partial charge in [-0.1, -0.05) is 37.3 Å². The van der Waals surface area contributed by atoms with Crippen molar-refractivity contribution in [3.63, 3.8) is 0 Å². The van der Waals surface area contributed by atoms with Crippen LogP contribution in [0, 0.1) is 11.3 Å². The van der Waals surface area contributed by atoms with E-state index < -0.39 is 0 Å². The van der Waals surface area contributed by atoms with E-state index >= 15 is 0 Å². The maximum Gasteiger partial charge on any atom is 0.221 e. The summed E-state index contributed by atoms with van der Waals surface area (Å²) in [5.74, 6) is -0.0330. The summed E-state index contributed by atoms with van der Waals surface area (Å²) in [6, 6.07) is 12.2. The number of nitriles is 1. The lowest BCUT2D eigenvalue weighted by Gasteiger charge is -2.16. The third kappa shape index (κ3) is 5.17. The molecule has 0 aromatic heterocycles. The number of hydrogen-bond donors (Lipinski definition) is 1. The highest BCUT2D eigenvalue weighted by Crippen LogP contribution is 2.06. The number of hydrogen-bond acceptors (Lipinski definition) is 2. The van der Waals surface area contributed by atoms with Gasteiger partial charge in [-0.2, -0.15) is 5.26 Å². The van der Waals surface area contributed by atoms with Crippen molar-refractivity contribution in [3.8, 4) is 6.07 Å². The second-order valence-corrected chi connectivity index (χ2v) is 4.02. The molecule has 17 heavy (non-hydrogen) atoms. The molecule has 0 bridgehead atoms. The van der Waals surface area contributed by atoms with Crippen LogP contribution in [-0.4, -0.2) is 11.9 Å². The molecule has 0 aliphatic heterocycles. The van der Waals surface area contributed by atoms with Crippen LogP contribution in [-0.2, 0) is 11.2 Å². The van der Waals surface area contributed by atoms with E-state index in [0.717, 1.165) is 12.8 Å². The van der Waals surface area contributed by atoms with Gasteiger partial charge in [-0.25, -0.2) is 0 Å². The van der Waals surface area contributed by atoms with Gasteiger partial charge < -0.3 is 5.32 Å². The van der Waals surface area contributed by atoms with Crippen LogP contribution in [0.5, 0.6) is 0 Å². The Morgan fingerprint density at radius 1 is 1.41 bits per heavy atom. The molecule has 0 aliphatic carbocycles. The van der Waals surface area contributed by atoms with Crippen LogP contribution in [0.25, 0.3) is 0 Å². The normalized spacial score (nSPS) is 11.5. The standard InChI is InChI=1S/C14H18N2O/c1-2-13(16-14(17)9-6-10-15)11-12-7-4-3-5-8-12/h3-5,7-8,13H,2,6,9,11H2,1H3,(H,16,17)/t13-/m0/s1. The maximum absolute atomic E-state index is 11.5. The largest absolute Gasteiger partial charge is 0.353 e. The summed E-state index contributed by atoms with van der Waals surface area (Å²) < 4.78 is 0. The molecule has 1 aromatic carbocycles. The summed E-state index contributed by atoms with van der Waals surface area (Å²) in [7, 11) is 0. The first-order valence-corrected chi connectivity index (χ1v) is 5.96. The van der Waals surface area contributed by atoms with Crippen molar-refractivity contribution in [1.29, 1.82) is 5.26 Å². The Bertz CT molecular complexity index is 381. The van der Waals surface area contributed by atoms with Gasteiger partial charge in [0.05, 0.1) is 6.07 Å². The zero-order valence-electron chi connectivity index (χ0n) is 10.1. The third-order valence-corrected chi connectivity index (χ3v) is 2.65. The van der Waals surface area contributed by atoms with Crippen LogP contribution in [0.2, 0.25) is 0 Å². The second kappa shape index (κ2) is 7.45. The molecule has 0 radical (unpaired) electrons. The highest BCUT2D eigenvalue weighted by Gasteiger charge is 2.10. The Balaban J connectivity index is 2.44. The molecule has 3 heteroatoms. The lowest BCUT2D eigenvalue weighted by molar-refractivity contribution is -0.121. The molecule has 1 N–H and O–H groups in total. The SMILES string of the molecule is CC[C@@H](Cc1ccccc1)NC(=O)CCC#N. The first kappa shape index (κ1) is 13.2. The Kier molecular flexibility index (Phi) is 5.81. The van der Waals surface area contributed by atoms with Crippen molar-refractivity contribution in [2.75, 3.05) is 0 Å². The van der Waals surface area contributed by atoms with Crippen LogP contribution in [0.4, 0.5) is 0 Å². The third-order valence-electron chi connectivity index (χ3n) is 2.65. The fourth-order valence-electron chi connectivity index (χ4n) is 1.67. The molecule has 1 amide bonds. The number of amides is 1. The Morgan fingerprint density at radius 3 is 2.71 bits per heavy atom. The molecular formula is C14H18N2O.